The summed E-state index contributed by atoms with van der Waals surface area (Å²) in [7, 11) is 0. The van der Waals surface area contributed by atoms with Crippen molar-refractivity contribution in [2.45, 2.75) is 38.6 Å². The fourth-order valence-electron chi connectivity index (χ4n) is 2.57. The van der Waals surface area contributed by atoms with Crippen LogP contribution in [-0.2, 0) is 4.79 Å². The number of carbonyl (C=O) groups excluding carboxylic acids is 1. The van der Waals surface area contributed by atoms with Gasteiger partial charge in [-0.2, -0.15) is 0 Å². The summed E-state index contributed by atoms with van der Waals surface area (Å²) in [5, 5.41) is 2.91. The van der Waals surface area contributed by atoms with Gasteiger partial charge in [-0.3, -0.25) is 4.79 Å². The van der Waals surface area contributed by atoms with Crippen LogP contribution in [0.4, 0.5) is 5.69 Å². The van der Waals surface area contributed by atoms with Crippen molar-refractivity contribution < 1.29 is 9.53 Å². The molecule has 0 unspecified atom stereocenters. The summed E-state index contributed by atoms with van der Waals surface area (Å²) >= 11 is 0. The third kappa shape index (κ3) is 3.96. The molecule has 4 heteroatoms. The molecular weight excluding hydrogens is 240 g/mol. The standard InChI is InChI=1S/C15H22N2O2/c1-2-19-13-8-6-12(7-9-13)17-15(18)10-11-4-3-5-14(11)16/h6-9,11,14H,2-5,10,16H2,1H3,(H,17,18)/t11-,14+/m0/s1. The number of nitrogens with one attached hydrogen (secondary N) is 1. The van der Waals surface area contributed by atoms with Crippen LogP contribution in [0.15, 0.2) is 24.3 Å². The first-order valence-corrected chi connectivity index (χ1v) is 6.97. The summed E-state index contributed by atoms with van der Waals surface area (Å²) in [6, 6.07) is 7.63. The van der Waals surface area contributed by atoms with Crippen molar-refractivity contribution in [2.24, 2.45) is 11.7 Å². The van der Waals surface area contributed by atoms with E-state index < -0.39 is 0 Å². The van der Waals surface area contributed by atoms with Crippen molar-refractivity contribution in [3.05, 3.63) is 24.3 Å². The van der Waals surface area contributed by atoms with Crippen LogP contribution < -0.4 is 15.8 Å². The maximum atomic E-state index is 11.9. The van der Waals surface area contributed by atoms with Crippen molar-refractivity contribution in [1.29, 1.82) is 0 Å². The minimum absolute atomic E-state index is 0.0477. The Kier molecular flexibility index (Phi) is 4.80. The molecule has 19 heavy (non-hydrogen) atoms. The SMILES string of the molecule is CCOc1ccc(NC(=O)C[C@@H]2CCC[C@H]2N)cc1. The average Bonchev–Trinajstić information content (AvgIpc) is 2.78. The molecule has 3 N–H and O–H groups in total. The van der Waals surface area contributed by atoms with Crippen molar-refractivity contribution >= 4 is 11.6 Å². The largest absolute Gasteiger partial charge is 0.494 e. The van der Waals surface area contributed by atoms with E-state index in [1.165, 1.54) is 0 Å². The van der Waals surface area contributed by atoms with Crippen molar-refractivity contribution in [3.8, 4) is 5.75 Å². The van der Waals surface area contributed by atoms with E-state index in [0.717, 1.165) is 30.7 Å². The number of anilines is 1. The molecular formula is C15H22N2O2. The van der Waals surface area contributed by atoms with Gasteiger partial charge in [0, 0.05) is 18.2 Å². The van der Waals surface area contributed by atoms with E-state index in [-0.39, 0.29) is 11.9 Å². The summed E-state index contributed by atoms with van der Waals surface area (Å²) in [6.45, 7) is 2.59. The smallest absolute Gasteiger partial charge is 0.224 e. The van der Waals surface area contributed by atoms with Crippen LogP contribution in [0.5, 0.6) is 5.75 Å². The van der Waals surface area contributed by atoms with Crippen LogP contribution in [0.3, 0.4) is 0 Å². The van der Waals surface area contributed by atoms with E-state index in [9.17, 15) is 4.79 Å². The Morgan fingerprint density at radius 3 is 2.68 bits per heavy atom. The van der Waals surface area contributed by atoms with Gasteiger partial charge in [-0.15, -0.1) is 0 Å². The predicted molar refractivity (Wildman–Crippen MR) is 76.2 cm³/mol. The quantitative estimate of drug-likeness (QED) is 0.857. The normalized spacial score (nSPS) is 22.2. The highest BCUT2D eigenvalue weighted by molar-refractivity contribution is 5.90. The van der Waals surface area contributed by atoms with Gasteiger partial charge in [-0.25, -0.2) is 0 Å². The second kappa shape index (κ2) is 6.57. The molecule has 0 heterocycles. The van der Waals surface area contributed by atoms with Crippen molar-refractivity contribution in [2.75, 3.05) is 11.9 Å². The molecule has 1 aliphatic rings. The number of hydrogen-bond donors (Lipinski definition) is 2. The molecule has 0 spiro atoms. The number of amides is 1. The molecule has 2 atom stereocenters. The highest BCUT2D eigenvalue weighted by Gasteiger charge is 2.25. The number of hydrogen-bond acceptors (Lipinski definition) is 3. The van der Waals surface area contributed by atoms with Gasteiger partial charge in [0.05, 0.1) is 6.61 Å². The van der Waals surface area contributed by atoms with Gasteiger partial charge in [0.1, 0.15) is 5.75 Å². The lowest BCUT2D eigenvalue weighted by Gasteiger charge is -2.14. The highest BCUT2D eigenvalue weighted by atomic mass is 16.5. The molecule has 1 amide bonds. The maximum Gasteiger partial charge on any atom is 0.224 e. The Hall–Kier alpha value is -1.55. The number of rotatable bonds is 5. The molecule has 0 bridgehead atoms. The van der Waals surface area contributed by atoms with E-state index in [1.807, 2.05) is 31.2 Å². The summed E-state index contributed by atoms with van der Waals surface area (Å²) in [5.74, 6) is 1.20. The zero-order valence-corrected chi connectivity index (χ0v) is 11.4. The monoisotopic (exact) mass is 262 g/mol. The van der Waals surface area contributed by atoms with E-state index in [1.54, 1.807) is 0 Å². The molecule has 1 aliphatic carbocycles. The molecule has 0 aliphatic heterocycles. The topological polar surface area (TPSA) is 64.3 Å². The van der Waals surface area contributed by atoms with Gasteiger partial charge in [-0.05, 0) is 49.9 Å². The molecule has 1 fully saturated rings. The minimum Gasteiger partial charge on any atom is -0.494 e. The second-order valence-electron chi connectivity index (χ2n) is 5.06. The van der Waals surface area contributed by atoms with Gasteiger partial charge in [0.25, 0.3) is 0 Å². The number of benzene rings is 1. The molecule has 2 rings (SSSR count). The Morgan fingerprint density at radius 1 is 1.37 bits per heavy atom. The molecule has 1 aromatic carbocycles. The summed E-state index contributed by atoms with van der Waals surface area (Å²) in [6.07, 6.45) is 3.77. The Balaban J connectivity index is 1.84. The zero-order chi connectivity index (χ0) is 13.7. The van der Waals surface area contributed by atoms with Gasteiger partial charge < -0.3 is 15.8 Å². The van der Waals surface area contributed by atoms with Crippen molar-refractivity contribution in [3.63, 3.8) is 0 Å². The number of ether oxygens (including phenoxy) is 1. The third-order valence-electron chi connectivity index (χ3n) is 3.61. The van der Waals surface area contributed by atoms with Crippen LogP contribution >= 0.6 is 0 Å². The average molecular weight is 262 g/mol. The fraction of sp³-hybridized carbons (Fsp3) is 0.533. The first-order chi connectivity index (χ1) is 9.19. The number of nitrogens with two attached hydrogens (primary N) is 1. The Morgan fingerprint density at radius 2 is 2.11 bits per heavy atom. The van der Waals surface area contributed by atoms with Crippen LogP contribution in [0.25, 0.3) is 0 Å². The molecule has 104 valence electrons. The van der Waals surface area contributed by atoms with Crippen LogP contribution in [0.1, 0.15) is 32.6 Å². The second-order valence-corrected chi connectivity index (χ2v) is 5.06. The highest BCUT2D eigenvalue weighted by Crippen LogP contribution is 2.27. The lowest BCUT2D eigenvalue weighted by atomic mass is 10.00. The molecule has 1 aromatic rings. The van der Waals surface area contributed by atoms with Gasteiger partial charge in [0.2, 0.25) is 5.91 Å². The zero-order valence-electron chi connectivity index (χ0n) is 11.4. The Bertz CT molecular complexity index is 417. The van der Waals surface area contributed by atoms with Crippen molar-refractivity contribution in [1.82, 2.24) is 0 Å². The summed E-state index contributed by atoms with van der Waals surface area (Å²) in [4.78, 5) is 11.9. The van der Waals surface area contributed by atoms with E-state index in [2.05, 4.69) is 5.32 Å². The molecule has 0 saturated heterocycles. The summed E-state index contributed by atoms with van der Waals surface area (Å²) < 4.78 is 5.36. The molecule has 0 radical (unpaired) electrons. The third-order valence-corrected chi connectivity index (χ3v) is 3.61. The lowest BCUT2D eigenvalue weighted by molar-refractivity contribution is -0.117. The number of carbonyl (C=O) groups is 1. The first-order valence-electron chi connectivity index (χ1n) is 6.97. The predicted octanol–water partition coefficient (Wildman–Crippen LogP) is 2.54. The van der Waals surface area contributed by atoms with Gasteiger partial charge >= 0.3 is 0 Å². The van der Waals surface area contributed by atoms with Gasteiger partial charge in [0.15, 0.2) is 0 Å². The van der Waals surface area contributed by atoms with Gasteiger partial charge in [-0.1, -0.05) is 6.42 Å². The first kappa shape index (κ1) is 13.9. The Labute approximate surface area is 114 Å². The van der Waals surface area contributed by atoms with E-state index in [0.29, 0.717) is 18.9 Å². The van der Waals surface area contributed by atoms with E-state index in [4.69, 9.17) is 10.5 Å². The summed E-state index contributed by atoms with van der Waals surface area (Å²) in [5.41, 5.74) is 6.78. The van der Waals surface area contributed by atoms with Crippen LogP contribution in [0, 0.1) is 5.92 Å². The van der Waals surface area contributed by atoms with Crippen LogP contribution in [0.2, 0.25) is 0 Å². The van der Waals surface area contributed by atoms with E-state index >= 15 is 0 Å². The minimum atomic E-state index is 0.0477. The lowest BCUT2D eigenvalue weighted by Crippen LogP contribution is -2.28. The molecule has 0 aromatic heterocycles. The molecule has 4 nitrogen and oxygen atoms in total. The fourth-order valence-corrected chi connectivity index (χ4v) is 2.57. The maximum absolute atomic E-state index is 11.9. The van der Waals surface area contributed by atoms with Crippen LogP contribution in [-0.4, -0.2) is 18.6 Å². The molecule has 1 saturated carbocycles.